The minimum atomic E-state index is -0.0595. The first-order valence-corrected chi connectivity index (χ1v) is 9.85. The van der Waals surface area contributed by atoms with Gasteiger partial charge in [0.2, 0.25) is 5.01 Å². The highest BCUT2D eigenvalue weighted by Crippen LogP contribution is 2.38. The summed E-state index contributed by atoms with van der Waals surface area (Å²) in [6.45, 7) is 6.82. The van der Waals surface area contributed by atoms with Crippen molar-refractivity contribution in [3.8, 4) is 17.0 Å². The molecule has 1 aromatic carbocycles. The molecule has 3 nitrogen and oxygen atoms in total. The average Bonchev–Trinajstić information content (AvgIpc) is 2.76. The average molecular weight is 357 g/mol. The molecule has 1 aromatic heterocycles. The first-order chi connectivity index (χ1) is 12.1. The van der Waals surface area contributed by atoms with Gasteiger partial charge in [-0.05, 0) is 55.9 Å². The highest BCUT2D eigenvalue weighted by molar-refractivity contribution is 7.09. The Labute approximate surface area is 153 Å². The van der Waals surface area contributed by atoms with Gasteiger partial charge in [-0.25, -0.2) is 0 Å². The molecule has 25 heavy (non-hydrogen) atoms. The molecule has 0 bridgehead atoms. The fourth-order valence-electron chi connectivity index (χ4n) is 3.79. The summed E-state index contributed by atoms with van der Waals surface area (Å²) in [5, 5.41) is 12.0. The van der Waals surface area contributed by atoms with Crippen molar-refractivity contribution in [1.29, 1.82) is 0 Å². The van der Waals surface area contributed by atoms with Crippen LogP contribution in [0.15, 0.2) is 47.8 Å². The second-order valence-corrected chi connectivity index (χ2v) is 8.07. The number of fused-ring (bicyclic) bond motifs is 1. The molecular formula is C21H26NO2S+. The molecule has 1 unspecified atom stereocenters. The Hall–Kier alpha value is -1.94. The Morgan fingerprint density at radius 3 is 2.80 bits per heavy atom. The molecule has 0 spiro atoms. The van der Waals surface area contributed by atoms with E-state index in [4.69, 9.17) is 0 Å². The molecule has 4 heteroatoms. The second kappa shape index (κ2) is 7.52. The quantitative estimate of drug-likeness (QED) is 0.484. The van der Waals surface area contributed by atoms with Crippen molar-refractivity contribution < 1.29 is 9.67 Å². The summed E-state index contributed by atoms with van der Waals surface area (Å²) in [5.41, 5.74) is 1.16. The van der Waals surface area contributed by atoms with Gasteiger partial charge >= 0.3 is 5.88 Å². The number of unbranched alkanes of at least 4 members (excludes halogenated alkanes) is 1. The van der Waals surface area contributed by atoms with Gasteiger partial charge in [-0.3, -0.25) is 4.79 Å². The smallest absolute Gasteiger partial charge is 0.379 e. The van der Waals surface area contributed by atoms with Gasteiger partial charge in [-0.1, -0.05) is 36.4 Å². The standard InChI is InChI=1S/C21H25NO2S/c1-3-4-8-13-21(2)14-9-10-15-22-18(23)17(19(24)25-20(21)22)16-11-6-5-7-12-16/h3,5-7,11-12H,1,4,8-10,13-15H2,2H3/p+1. The van der Waals surface area contributed by atoms with Crippen LogP contribution in [0.2, 0.25) is 0 Å². The summed E-state index contributed by atoms with van der Waals surface area (Å²) in [6.07, 6.45) is 8.21. The zero-order chi connectivity index (χ0) is 17.9. The summed E-state index contributed by atoms with van der Waals surface area (Å²) in [7, 11) is 0. The lowest BCUT2D eigenvalue weighted by molar-refractivity contribution is -0.707. The highest BCUT2D eigenvalue weighted by atomic mass is 32.1. The normalized spacial score (nSPS) is 19.9. The molecule has 2 heterocycles. The summed E-state index contributed by atoms with van der Waals surface area (Å²) in [6, 6.07) is 9.48. The lowest BCUT2D eigenvalue weighted by Gasteiger charge is -2.24. The maximum absolute atomic E-state index is 12.9. The van der Waals surface area contributed by atoms with Crippen LogP contribution in [-0.2, 0) is 12.0 Å². The minimum absolute atomic E-state index is 0.0493. The molecule has 2 aromatic rings. The first kappa shape index (κ1) is 17.9. The van der Waals surface area contributed by atoms with Gasteiger partial charge in [-0.2, -0.15) is 4.57 Å². The summed E-state index contributed by atoms with van der Waals surface area (Å²) in [4.78, 5) is 12.9. The van der Waals surface area contributed by atoms with E-state index in [0.29, 0.717) is 5.56 Å². The lowest BCUT2D eigenvalue weighted by Crippen LogP contribution is -2.44. The van der Waals surface area contributed by atoms with Crippen molar-refractivity contribution >= 4 is 11.3 Å². The van der Waals surface area contributed by atoms with E-state index >= 15 is 0 Å². The summed E-state index contributed by atoms with van der Waals surface area (Å²) in [5.74, 6) is 0.127. The SMILES string of the molecule is C=CCCCC1(C)CCCC[n+]2c1sc(=O)c(-c1ccccc1)c2O. The molecule has 1 N–H and O–H groups in total. The van der Waals surface area contributed by atoms with Gasteiger partial charge in [-0.15, -0.1) is 6.58 Å². The third-order valence-corrected chi connectivity index (χ3v) is 6.49. The molecule has 1 aliphatic heterocycles. The summed E-state index contributed by atoms with van der Waals surface area (Å²) >= 11 is 1.32. The predicted molar refractivity (Wildman–Crippen MR) is 103 cm³/mol. The molecular weight excluding hydrogens is 330 g/mol. The van der Waals surface area contributed by atoms with Crippen molar-refractivity contribution in [2.24, 2.45) is 0 Å². The van der Waals surface area contributed by atoms with Crippen LogP contribution in [0, 0.1) is 0 Å². The number of rotatable bonds is 5. The molecule has 0 saturated heterocycles. The van der Waals surface area contributed by atoms with Gasteiger partial charge in [0.15, 0.2) is 12.1 Å². The van der Waals surface area contributed by atoms with Crippen LogP contribution < -0.4 is 9.31 Å². The predicted octanol–water partition coefficient (Wildman–Crippen LogP) is 4.57. The van der Waals surface area contributed by atoms with E-state index in [-0.39, 0.29) is 16.0 Å². The molecule has 0 saturated carbocycles. The van der Waals surface area contributed by atoms with Gasteiger partial charge in [0, 0.05) is 6.42 Å². The molecule has 132 valence electrons. The van der Waals surface area contributed by atoms with Crippen LogP contribution in [-0.4, -0.2) is 5.11 Å². The third-order valence-electron chi connectivity index (χ3n) is 5.19. The number of aromatic hydroxyl groups is 1. The minimum Gasteiger partial charge on any atom is -0.459 e. The van der Waals surface area contributed by atoms with Gasteiger partial charge < -0.3 is 5.11 Å². The van der Waals surface area contributed by atoms with Crippen LogP contribution in [0.3, 0.4) is 0 Å². The largest absolute Gasteiger partial charge is 0.459 e. The van der Waals surface area contributed by atoms with Crippen molar-refractivity contribution in [3.63, 3.8) is 0 Å². The molecule has 1 atom stereocenters. The summed E-state index contributed by atoms with van der Waals surface area (Å²) < 4.78 is 1.95. The molecule has 3 rings (SSSR count). The van der Waals surface area contributed by atoms with Crippen LogP contribution in [0.25, 0.3) is 11.1 Å². The van der Waals surface area contributed by atoms with Crippen molar-refractivity contribution in [2.45, 2.75) is 57.4 Å². The van der Waals surface area contributed by atoms with Crippen LogP contribution >= 0.6 is 11.3 Å². The number of benzene rings is 1. The molecule has 0 aliphatic carbocycles. The molecule has 1 aliphatic rings. The Balaban J connectivity index is 2.12. The van der Waals surface area contributed by atoms with Crippen molar-refractivity contribution in [3.05, 3.63) is 57.5 Å². The Morgan fingerprint density at radius 2 is 2.08 bits per heavy atom. The molecule has 0 amide bonds. The highest BCUT2D eigenvalue weighted by Gasteiger charge is 2.40. The Morgan fingerprint density at radius 1 is 1.32 bits per heavy atom. The van der Waals surface area contributed by atoms with Crippen LogP contribution in [0.4, 0.5) is 0 Å². The van der Waals surface area contributed by atoms with Crippen LogP contribution in [0.1, 0.15) is 50.5 Å². The number of hydrogen-bond acceptors (Lipinski definition) is 3. The Bertz CT molecular complexity index is 813. The molecule has 0 fully saturated rings. The zero-order valence-corrected chi connectivity index (χ0v) is 15.6. The number of aromatic nitrogens is 1. The van der Waals surface area contributed by atoms with E-state index in [1.807, 2.05) is 41.0 Å². The fourth-order valence-corrected chi connectivity index (χ4v) is 5.01. The monoisotopic (exact) mass is 356 g/mol. The number of allylic oxidation sites excluding steroid dienone is 1. The van der Waals surface area contributed by atoms with Crippen molar-refractivity contribution in [1.82, 2.24) is 0 Å². The van der Waals surface area contributed by atoms with Gasteiger partial charge in [0.25, 0.3) is 4.74 Å². The van der Waals surface area contributed by atoms with E-state index in [2.05, 4.69) is 13.5 Å². The van der Waals surface area contributed by atoms with Gasteiger partial charge in [0.1, 0.15) is 0 Å². The number of hydrogen-bond donors (Lipinski definition) is 1. The third kappa shape index (κ3) is 3.54. The second-order valence-electron chi connectivity index (χ2n) is 7.11. The van der Waals surface area contributed by atoms with E-state index in [1.165, 1.54) is 11.3 Å². The van der Waals surface area contributed by atoms with E-state index in [9.17, 15) is 9.90 Å². The maximum atomic E-state index is 12.9. The van der Waals surface area contributed by atoms with E-state index < -0.39 is 0 Å². The fraction of sp³-hybridized carbons (Fsp3) is 0.429. The first-order valence-electron chi connectivity index (χ1n) is 9.03. The van der Waals surface area contributed by atoms with E-state index in [0.717, 1.165) is 55.6 Å². The van der Waals surface area contributed by atoms with Gasteiger partial charge in [0.05, 0.1) is 5.41 Å². The molecule has 0 radical (unpaired) electrons. The Kier molecular flexibility index (Phi) is 5.38. The van der Waals surface area contributed by atoms with E-state index in [1.54, 1.807) is 0 Å². The van der Waals surface area contributed by atoms with Crippen molar-refractivity contribution in [2.75, 3.05) is 0 Å². The number of nitrogens with zero attached hydrogens (tertiary/aromatic N) is 1. The zero-order valence-electron chi connectivity index (χ0n) is 14.8. The van der Waals surface area contributed by atoms with Crippen LogP contribution in [0.5, 0.6) is 5.88 Å². The lowest BCUT2D eigenvalue weighted by atomic mass is 9.81. The maximum Gasteiger partial charge on any atom is 0.379 e. The topological polar surface area (TPSA) is 41.2 Å².